The molecule has 0 aliphatic carbocycles. The molecule has 0 heterocycles. The van der Waals surface area contributed by atoms with E-state index in [4.69, 9.17) is 5.11 Å². The zero-order valence-electron chi connectivity index (χ0n) is 10.6. The van der Waals surface area contributed by atoms with E-state index in [9.17, 15) is 9.59 Å². The van der Waals surface area contributed by atoms with Crippen molar-refractivity contribution < 1.29 is 14.7 Å². The van der Waals surface area contributed by atoms with Crippen LogP contribution in [0.4, 0.5) is 0 Å². The van der Waals surface area contributed by atoms with Crippen molar-refractivity contribution in [2.45, 2.75) is 12.5 Å². The van der Waals surface area contributed by atoms with Crippen molar-refractivity contribution >= 4 is 11.9 Å². The van der Waals surface area contributed by atoms with Gasteiger partial charge in [-0.1, -0.05) is 36.4 Å². The third-order valence-corrected chi connectivity index (χ3v) is 2.49. The molecule has 1 aromatic carbocycles. The standard InChI is InChI=1S/C14H18N2O3/c1-2-8-15-10-13(17)16-12(14(18)19)9-11-6-4-3-5-7-11/h2-7,12,15H,1,8-10H2,(H,16,17)(H,18,19)/t12-/m1/s1. The van der Waals surface area contributed by atoms with Crippen LogP contribution in [-0.2, 0) is 16.0 Å². The highest BCUT2D eigenvalue weighted by Crippen LogP contribution is 2.03. The van der Waals surface area contributed by atoms with E-state index in [1.807, 2.05) is 30.3 Å². The second-order valence-electron chi connectivity index (χ2n) is 4.07. The van der Waals surface area contributed by atoms with Crippen LogP contribution in [0.15, 0.2) is 43.0 Å². The van der Waals surface area contributed by atoms with Gasteiger partial charge in [-0.15, -0.1) is 6.58 Å². The molecule has 19 heavy (non-hydrogen) atoms. The third-order valence-electron chi connectivity index (χ3n) is 2.49. The Balaban J connectivity index is 2.51. The number of benzene rings is 1. The van der Waals surface area contributed by atoms with E-state index in [1.54, 1.807) is 6.08 Å². The Morgan fingerprint density at radius 1 is 1.32 bits per heavy atom. The first kappa shape index (κ1) is 14.9. The first-order chi connectivity index (χ1) is 9.13. The Labute approximate surface area is 112 Å². The van der Waals surface area contributed by atoms with Crippen LogP contribution >= 0.6 is 0 Å². The highest BCUT2D eigenvalue weighted by Gasteiger charge is 2.19. The van der Waals surface area contributed by atoms with Crippen molar-refractivity contribution in [1.82, 2.24) is 10.6 Å². The molecule has 5 heteroatoms. The van der Waals surface area contributed by atoms with E-state index >= 15 is 0 Å². The van der Waals surface area contributed by atoms with Crippen molar-refractivity contribution in [3.63, 3.8) is 0 Å². The summed E-state index contributed by atoms with van der Waals surface area (Å²) in [4.78, 5) is 22.7. The van der Waals surface area contributed by atoms with Gasteiger partial charge in [0.15, 0.2) is 0 Å². The maximum atomic E-state index is 11.6. The zero-order chi connectivity index (χ0) is 14.1. The van der Waals surface area contributed by atoms with E-state index < -0.39 is 12.0 Å². The lowest BCUT2D eigenvalue weighted by Gasteiger charge is -2.14. The largest absolute Gasteiger partial charge is 0.480 e. The van der Waals surface area contributed by atoms with Crippen LogP contribution in [0.3, 0.4) is 0 Å². The van der Waals surface area contributed by atoms with Crippen LogP contribution in [0.1, 0.15) is 5.56 Å². The van der Waals surface area contributed by atoms with Gasteiger partial charge >= 0.3 is 5.97 Å². The number of carbonyl (C=O) groups is 2. The summed E-state index contributed by atoms with van der Waals surface area (Å²) in [6.45, 7) is 4.09. The van der Waals surface area contributed by atoms with Crippen LogP contribution in [0.2, 0.25) is 0 Å². The number of hydrogen-bond acceptors (Lipinski definition) is 3. The summed E-state index contributed by atoms with van der Waals surface area (Å²) >= 11 is 0. The number of carboxylic acids is 1. The van der Waals surface area contributed by atoms with Gasteiger partial charge in [-0.3, -0.25) is 4.79 Å². The molecule has 0 aromatic heterocycles. The van der Waals surface area contributed by atoms with Gasteiger partial charge in [0.25, 0.3) is 0 Å². The molecule has 5 nitrogen and oxygen atoms in total. The normalized spacial score (nSPS) is 11.6. The topological polar surface area (TPSA) is 78.4 Å². The van der Waals surface area contributed by atoms with Gasteiger partial charge < -0.3 is 15.7 Å². The van der Waals surface area contributed by atoms with Crippen molar-refractivity contribution in [2.24, 2.45) is 0 Å². The summed E-state index contributed by atoms with van der Waals surface area (Å²) in [5.41, 5.74) is 0.870. The molecule has 0 bridgehead atoms. The summed E-state index contributed by atoms with van der Waals surface area (Å²) in [6, 6.07) is 8.27. The smallest absolute Gasteiger partial charge is 0.326 e. The maximum absolute atomic E-state index is 11.6. The van der Waals surface area contributed by atoms with E-state index in [1.165, 1.54) is 0 Å². The molecule has 1 atom stereocenters. The van der Waals surface area contributed by atoms with Crippen molar-refractivity contribution in [2.75, 3.05) is 13.1 Å². The molecule has 102 valence electrons. The molecule has 0 aliphatic rings. The van der Waals surface area contributed by atoms with E-state index in [0.29, 0.717) is 6.54 Å². The molecule has 0 aliphatic heterocycles. The van der Waals surface area contributed by atoms with Gasteiger partial charge in [0, 0.05) is 13.0 Å². The van der Waals surface area contributed by atoms with E-state index in [0.717, 1.165) is 5.56 Å². The lowest BCUT2D eigenvalue weighted by Crippen LogP contribution is -2.45. The molecular weight excluding hydrogens is 244 g/mol. The third kappa shape index (κ3) is 5.83. The van der Waals surface area contributed by atoms with Gasteiger partial charge in [-0.2, -0.15) is 0 Å². The molecule has 0 radical (unpaired) electrons. The summed E-state index contributed by atoms with van der Waals surface area (Å²) < 4.78 is 0. The van der Waals surface area contributed by atoms with Crippen LogP contribution < -0.4 is 10.6 Å². The molecule has 1 rings (SSSR count). The number of amides is 1. The molecule has 1 aromatic rings. The van der Waals surface area contributed by atoms with Crippen molar-refractivity contribution in [3.05, 3.63) is 48.6 Å². The number of carboxylic acid groups (broad SMARTS) is 1. The van der Waals surface area contributed by atoms with Crippen LogP contribution in [0.25, 0.3) is 0 Å². The van der Waals surface area contributed by atoms with Crippen molar-refractivity contribution in [1.29, 1.82) is 0 Å². The minimum Gasteiger partial charge on any atom is -0.480 e. The number of nitrogens with one attached hydrogen (secondary N) is 2. The second kappa shape index (κ2) is 8.05. The second-order valence-corrected chi connectivity index (χ2v) is 4.07. The van der Waals surface area contributed by atoms with Gasteiger partial charge in [0.05, 0.1) is 6.54 Å². The summed E-state index contributed by atoms with van der Waals surface area (Å²) in [5, 5.41) is 14.4. The fourth-order valence-electron chi connectivity index (χ4n) is 1.58. The maximum Gasteiger partial charge on any atom is 0.326 e. The molecule has 0 saturated carbocycles. The average molecular weight is 262 g/mol. The fourth-order valence-corrected chi connectivity index (χ4v) is 1.58. The Kier molecular flexibility index (Phi) is 6.32. The lowest BCUT2D eigenvalue weighted by atomic mass is 10.1. The highest BCUT2D eigenvalue weighted by atomic mass is 16.4. The van der Waals surface area contributed by atoms with Crippen LogP contribution in [0.5, 0.6) is 0 Å². The van der Waals surface area contributed by atoms with Crippen LogP contribution in [0, 0.1) is 0 Å². The Morgan fingerprint density at radius 2 is 2.00 bits per heavy atom. The van der Waals surface area contributed by atoms with Gasteiger partial charge in [-0.05, 0) is 5.56 Å². The SMILES string of the molecule is C=CCNCC(=O)N[C@H](Cc1ccccc1)C(=O)O. The Bertz CT molecular complexity index is 432. The predicted molar refractivity (Wildman–Crippen MR) is 72.8 cm³/mol. The van der Waals surface area contributed by atoms with E-state index in [-0.39, 0.29) is 18.9 Å². The summed E-state index contributed by atoms with van der Waals surface area (Å²) in [7, 11) is 0. The summed E-state index contributed by atoms with van der Waals surface area (Å²) in [5.74, 6) is -1.38. The Hall–Kier alpha value is -2.14. The molecular formula is C14H18N2O3. The first-order valence-corrected chi connectivity index (χ1v) is 6.01. The number of aliphatic carboxylic acids is 1. The molecule has 1 amide bonds. The van der Waals surface area contributed by atoms with Crippen molar-refractivity contribution in [3.8, 4) is 0 Å². The lowest BCUT2D eigenvalue weighted by molar-refractivity contribution is -0.141. The van der Waals surface area contributed by atoms with E-state index in [2.05, 4.69) is 17.2 Å². The first-order valence-electron chi connectivity index (χ1n) is 6.01. The average Bonchev–Trinajstić information content (AvgIpc) is 2.39. The number of rotatable bonds is 8. The highest BCUT2D eigenvalue weighted by molar-refractivity contribution is 5.84. The Morgan fingerprint density at radius 3 is 2.58 bits per heavy atom. The zero-order valence-corrected chi connectivity index (χ0v) is 10.6. The monoisotopic (exact) mass is 262 g/mol. The summed E-state index contributed by atoms with van der Waals surface area (Å²) in [6.07, 6.45) is 1.90. The molecule has 0 fully saturated rings. The minimum absolute atomic E-state index is 0.0740. The number of carbonyl (C=O) groups excluding carboxylic acids is 1. The van der Waals surface area contributed by atoms with Gasteiger partial charge in [0.1, 0.15) is 6.04 Å². The van der Waals surface area contributed by atoms with Gasteiger partial charge in [0.2, 0.25) is 5.91 Å². The van der Waals surface area contributed by atoms with Crippen LogP contribution in [-0.4, -0.2) is 36.1 Å². The predicted octanol–water partition coefficient (Wildman–Crippen LogP) is 0.574. The minimum atomic E-state index is -1.04. The molecule has 0 spiro atoms. The molecule has 0 saturated heterocycles. The number of hydrogen-bond donors (Lipinski definition) is 3. The quantitative estimate of drug-likeness (QED) is 0.473. The molecule has 0 unspecified atom stereocenters. The molecule has 3 N–H and O–H groups in total. The van der Waals surface area contributed by atoms with Gasteiger partial charge in [-0.25, -0.2) is 4.79 Å². The fraction of sp³-hybridized carbons (Fsp3) is 0.286.